The van der Waals surface area contributed by atoms with Gasteiger partial charge in [-0.1, -0.05) is 18.2 Å². The number of carbonyl (C=O) groups is 1. The summed E-state index contributed by atoms with van der Waals surface area (Å²) in [5.74, 6) is -0.991. The predicted octanol–water partition coefficient (Wildman–Crippen LogP) is 3.10. The third-order valence-corrected chi connectivity index (χ3v) is 3.41. The molecule has 3 rings (SSSR count). The highest BCUT2D eigenvalue weighted by Gasteiger charge is 2.45. The Morgan fingerprint density at radius 2 is 2.00 bits per heavy atom. The minimum atomic E-state index is -0.460. The van der Waals surface area contributed by atoms with Crippen molar-refractivity contribution in [2.75, 3.05) is 5.32 Å². The quantitative estimate of drug-likeness (QED) is 0.934. The predicted molar refractivity (Wildman–Crippen MR) is 70.1 cm³/mol. The summed E-state index contributed by atoms with van der Waals surface area (Å²) in [6.45, 7) is 0. The van der Waals surface area contributed by atoms with Crippen LogP contribution in [0.15, 0.2) is 42.6 Å². The molecule has 0 unspecified atom stereocenters. The average molecular weight is 274 g/mol. The lowest BCUT2D eigenvalue weighted by atomic mass is 10.1. The molecule has 2 aromatic rings. The second-order valence-electron chi connectivity index (χ2n) is 4.82. The number of hydrogen-bond donors (Lipinski definition) is 1. The van der Waals surface area contributed by atoms with E-state index in [9.17, 15) is 13.6 Å². The van der Waals surface area contributed by atoms with E-state index in [1.807, 2.05) is 0 Å². The van der Waals surface area contributed by atoms with Crippen LogP contribution in [0.2, 0.25) is 0 Å². The molecule has 0 radical (unpaired) electrons. The van der Waals surface area contributed by atoms with Crippen molar-refractivity contribution in [1.29, 1.82) is 0 Å². The molecule has 0 saturated heterocycles. The lowest BCUT2D eigenvalue weighted by Gasteiger charge is -2.04. The van der Waals surface area contributed by atoms with Crippen LogP contribution in [0, 0.1) is 17.6 Å². The number of rotatable bonds is 3. The number of benzene rings is 1. The van der Waals surface area contributed by atoms with E-state index < -0.39 is 5.82 Å². The molecule has 1 heterocycles. The summed E-state index contributed by atoms with van der Waals surface area (Å²) in [5.41, 5.74) is 0.569. The number of anilines is 1. The van der Waals surface area contributed by atoms with Crippen LogP contribution in [0.1, 0.15) is 17.9 Å². The molecular weight excluding hydrogens is 262 g/mol. The largest absolute Gasteiger partial charge is 0.310 e. The van der Waals surface area contributed by atoms with Gasteiger partial charge >= 0.3 is 0 Å². The number of nitrogens with one attached hydrogen (secondary N) is 1. The Bertz CT molecular complexity index is 643. The smallest absolute Gasteiger partial charge is 0.229 e. The van der Waals surface area contributed by atoms with E-state index in [1.165, 1.54) is 18.2 Å². The fourth-order valence-corrected chi connectivity index (χ4v) is 2.27. The molecule has 5 heteroatoms. The van der Waals surface area contributed by atoms with Gasteiger partial charge in [-0.2, -0.15) is 0 Å². The van der Waals surface area contributed by atoms with Gasteiger partial charge in [0.25, 0.3) is 0 Å². The molecule has 1 aliphatic carbocycles. The number of aromatic nitrogens is 1. The van der Waals surface area contributed by atoms with Crippen molar-refractivity contribution in [3.8, 4) is 0 Å². The Hall–Kier alpha value is -2.30. The monoisotopic (exact) mass is 274 g/mol. The van der Waals surface area contributed by atoms with Gasteiger partial charge in [-0.15, -0.1) is 0 Å². The van der Waals surface area contributed by atoms with Gasteiger partial charge in [0.15, 0.2) is 0 Å². The molecule has 0 aliphatic heterocycles. The Balaban J connectivity index is 1.66. The first-order chi connectivity index (χ1) is 9.65. The molecule has 2 atom stereocenters. The standard InChI is InChI=1S/C15H12F2N2O/c16-9-5-6-14(18-8-9)19-15(20)12-7-11(12)10-3-1-2-4-13(10)17/h1-6,8,11-12H,7H2,(H,18,19,20)/t11-,12+/m0/s1. The third-order valence-electron chi connectivity index (χ3n) is 3.41. The van der Waals surface area contributed by atoms with Crippen molar-refractivity contribution < 1.29 is 13.6 Å². The molecule has 1 aromatic heterocycles. The lowest BCUT2D eigenvalue weighted by Crippen LogP contribution is -2.15. The van der Waals surface area contributed by atoms with Crippen LogP contribution >= 0.6 is 0 Å². The second-order valence-corrected chi connectivity index (χ2v) is 4.82. The SMILES string of the molecule is O=C(Nc1ccc(F)cn1)[C@@H]1C[C@H]1c1ccccc1F. The van der Waals surface area contributed by atoms with Gasteiger partial charge in [-0.25, -0.2) is 13.8 Å². The molecule has 20 heavy (non-hydrogen) atoms. The Morgan fingerprint density at radius 1 is 1.20 bits per heavy atom. The number of nitrogens with zero attached hydrogens (tertiary/aromatic N) is 1. The average Bonchev–Trinajstić information content (AvgIpc) is 3.22. The summed E-state index contributed by atoms with van der Waals surface area (Å²) in [5, 5.41) is 2.61. The maximum atomic E-state index is 13.6. The summed E-state index contributed by atoms with van der Waals surface area (Å²) < 4.78 is 26.3. The van der Waals surface area contributed by atoms with Gasteiger partial charge in [0.2, 0.25) is 5.91 Å². The number of hydrogen-bond acceptors (Lipinski definition) is 2. The molecule has 1 fully saturated rings. The van der Waals surface area contributed by atoms with Crippen LogP contribution in [-0.2, 0) is 4.79 Å². The van der Waals surface area contributed by atoms with Gasteiger partial charge < -0.3 is 5.32 Å². The first-order valence-corrected chi connectivity index (χ1v) is 6.32. The maximum Gasteiger partial charge on any atom is 0.229 e. The van der Waals surface area contributed by atoms with Gasteiger partial charge in [0.05, 0.1) is 6.20 Å². The highest BCUT2D eigenvalue weighted by Crippen LogP contribution is 2.48. The van der Waals surface area contributed by atoms with E-state index in [-0.39, 0.29) is 23.6 Å². The molecule has 0 spiro atoms. The zero-order chi connectivity index (χ0) is 14.1. The minimum Gasteiger partial charge on any atom is -0.310 e. The summed E-state index contributed by atoms with van der Waals surface area (Å²) in [4.78, 5) is 15.8. The van der Waals surface area contributed by atoms with Gasteiger partial charge in [-0.05, 0) is 36.1 Å². The van der Waals surface area contributed by atoms with E-state index in [0.717, 1.165) is 6.20 Å². The summed E-state index contributed by atoms with van der Waals surface area (Å²) in [7, 11) is 0. The highest BCUT2D eigenvalue weighted by molar-refractivity contribution is 5.94. The molecule has 1 aromatic carbocycles. The molecule has 1 aliphatic rings. The molecule has 0 bridgehead atoms. The van der Waals surface area contributed by atoms with E-state index in [4.69, 9.17) is 0 Å². The molecule has 102 valence electrons. The van der Waals surface area contributed by atoms with Crippen molar-refractivity contribution >= 4 is 11.7 Å². The third kappa shape index (κ3) is 2.52. The van der Waals surface area contributed by atoms with Gasteiger partial charge in [0.1, 0.15) is 17.5 Å². The molecule has 1 amide bonds. The molecule has 3 nitrogen and oxygen atoms in total. The normalized spacial score (nSPS) is 20.5. The van der Waals surface area contributed by atoms with E-state index >= 15 is 0 Å². The Labute approximate surface area is 114 Å². The Morgan fingerprint density at radius 3 is 2.70 bits per heavy atom. The zero-order valence-corrected chi connectivity index (χ0v) is 10.5. The van der Waals surface area contributed by atoms with E-state index in [0.29, 0.717) is 17.8 Å². The maximum absolute atomic E-state index is 13.6. The van der Waals surface area contributed by atoms with Crippen LogP contribution in [0.3, 0.4) is 0 Å². The van der Waals surface area contributed by atoms with Crippen molar-refractivity contribution in [2.24, 2.45) is 5.92 Å². The number of carbonyl (C=O) groups excluding carboxylic acids is 1. The van der Waals surface area contributed by atoms with Gasteiger partial charge in [-0.3, -0.25) is 4.79 Å². The highest BCUT2D eigenvalue weighted by atomic mass is 19.1. The van der Waals surface area contributed by atoms with Crippen LogP contribution in [0.25, 0.3) is 0 Å². The zero-order valence-electron chi connectivity index (χ0n) is 10.5. The molecule has 1 N–H and O–H groups in total. The number of amides is 1. The van der Waals surface area contributed by atoms with Crippen LogP contribution < -0.4 is 5.32 Å². The first-order valence-electron chi connectivity index (χ1n) is 6.32. The van der Waals surface area contributed by atoms with Crippen molar-refractivity contribution in [3.63, 3.8) is 0 Å². The van der Waals surface area contributed by atoms with Crippen LogP contribution in [0.4, 0.5) is 14.6 Å². The molecule has 1 saturated carbocycles. The van der Waals surface area contributed by atoms with Gasteiger partial charge in [0, 0.05) is 5.92 Å². The lowest BCUT2D eigenvalue weighted by molar-refractivity contribution is -0.117. The number of halogens is 2. The molecular formula is C15H12F2N2O. The van der Waals surface area contributed by atoms with Crippen molar-refractivity contribution in [3.05, 3.63) is 59.8 Å². The topological polar surface area (TPSA) is 42.0 Å². The van der Waals surface area contributed by atoms with E-state index in [1.54, 1.807) is 18.2 Å². The summed E-state index contributed by atoms with van der Waals surface area (Å²) >= 11 is 0. The number of pyridine rings is 1. The minimum absolute atomic E-state index is 0.0864. The fraction of sp³-hybridized carbons (Fsp3) is 0.200. The van der Waals surface area contributed by atoms with Crippen LogP contribution in [0.5, 0.6) is 0 Å². The first kappa shape index (κ1) is 12.7. The Kier molecular flexibility index (Phi) is 3.18. The summed E-state index contributed by atoms with van der Waals surface area (Å²) in [6, 6.07) is 9.09. The van der Waals surface area contributed by atoms with Crippen molar-refractivity contribution in [2.45, 2.75) is 12.3 Å². The van der Waals surface area contributed by atoms with Crippen molar-refractivity contribution in [1.82, 2.24) is 4.98 Å². The van der Waals surface area contributed by atoms with E-state index in [2.05, 4.69) is 10.3 Å². The fourth-order valence-electron chi connectivity index (χ4n) is 2.27. The second kappa shape index (κ2) is 5.00. The van der Waals surface area contributed by atoms with Crippen LogP contribution in [-0.4, -0.2) is 10.9 Å². The summed E-state index contributed by atoms with van der Waals surface area (Å²) in [6.07, 6.45) is 1.66.